The molecule has 1 aromatic carbocycles. The van der Waals surface area contributed by atoms with E-state index in [0.29, 0.717) is 18.6 Å². The highest BCUT2D eigenvalue weighted by Gasteiger charge is 2.49. The molecule has 3 heterocycles. The molecule has 1 amide bonds. The molecule has 2 fully saturated rings. The predicted molar refractivity (Wildman–Crippen MR) is 90.4 cm³/mol. The minimum absolute atomic E-state index is 0.125. The van der Waals surface area contributed by atoms with Crippen molar-refractivity contribution in [2.45, 2.75) is 43.4 Å². The van der Waals surface area contributed by atoms with Crippen molar-refractivity contribution in [3.63, 3.8) is 0 Å². The van der Waals surface area contributed by atoms with Crippen molar-refractivity contribution in [1.29, 1.82) is 0 Å². The Morgan fingerprint density at radius 3 is 2.60 bits per heavy atom. The van der Waals surface area contributed by atoms with Gasteiger partial charge in [0.2, 0.25) is 5.91 Å². The van der Waals surface area contributed by atoms with Crippen LogP contribution in [0, 0.1) is 5.82 Å². The van der Waals surface area contributed by atoms with Crippen molar-refractivity contribution < 1.29 is 18.7 Å². The molecule has 1 aromatic heterocycles. The van der Waals surface area contributed by atoms with Gasteiger partial charge < -0.3 is 14.8 Å². The van der Waals surface area contributed by atoms with E-state index in [0.717, 1.165) is 12.8 Å². The molecule has 0 radical (unpaired) electrons. The summed E-state index contributed by atoms with van der Waals surface area (Å²) in [7, 11) is 0. The molecule has 2 aliphatic rings. The summed E-state index contributed by atoms with van der Waals surface area (Å²) in [6.07, 6.45) is 4.55. The van der Waals surface area contributed by atoms with Crippen LogP contribution in [-0.4, -0.2) is 34.5 Å². The fourth-order valence-electron chi connectivity index (χ4n) is 4.24. The number of piperidine rings is 1. The van der Waals surface area contributed by atoms with Gasteiger partial charge in [-0.2, -0.15) is 0 Å². The molecule has 2 N–H and O–H groups in total. The van der Waals surface area contributed by atoms with Crippen LogP contribution in [0.25, 0.3) is 0 Å². The zero-order valence-electron chi connectivity index (χ0n) is 13.8. The van der Waals surface area contributed by atoms with E-state index < -0.39 is 11.4 Å². The van der Waals surface area contributed by atoms with Crippen LogP contribution in [-0.2, 0) is 10.4 Å². The Balaban J connectivity index is 1.43. The number of benzene rings is 1. The Kier molecular flexibility index (Phi) is 4.09. The van der Waals surface area contributed by atoms with Crippen LogP contribution in [0.5, 0.6) is 0 Å². The van der Waals surface area contributed by atoms with Crippen LogP contribution >= 0.6 is 0 Å². The number of carbonyl (C=O) groups is 1. The van der Waals surface area contributed by atoms with Crippen LogP contribution in [0.1, 0.15) is 31.4 Å². The fourth-order valence-corrected chi connectivity index (χ4v) is 4.24. The first kappa shape index (κ1) is 16.3. The highest BCUT2D eigenvalue weighted by Crippen LogP contribution is 2.45. The zero-order chi connectivity index (χ0) is 17.4. The number of halogens is 1. The summed E-state index contributed by atoms with van der Waals surface area (Å²) >= 11 is 0. The number of carbonyl (C=O) groups excluding carboxylic acids is 1. The molecule has 2 saturated heterocycles. The van der Waals surface area contributed by atoms with Crippen molar-refractivity contribution in [3.8, 4) is 0 Å². The predicted octanol–water partition coefficient (Wildman–Crippen LogP) is 2.87. The maximum absolute atomic E-state index is 13.7. The summed E-state index contributed by atoms with van der Waals surface area (Å²) < 4.78 is 19.1. The minimum atomic E-state index is -0.964. The van der Waals surface area contributed by atoms with Gasteiger partial charge >= 0.3 is 0 Å². The van der Waals surface area contributed by atoms with Gasteiger partial charge in [0, 0.05) is 12.1 Å². The lowest BCUT2D eigenvalue weighted by molar-refractivity contribution is -0.121. The molecule has 0 saturated carbocycles. The number of rotatable bonds is 4. The monoisotopic (exact) mass is 344 g/mol. The van der Waals surface area contributed by atoms with Gasteiger partial charge in [-0.3, -0.25) is 9.69 Å². The van der Waals surface area contributed by atoms with Gasteiger partial charge in [-0.05, 0) is 49.9 Å². The second kappa shape index (κ2) is 6.28. The van der Waals surface area contributed by atoms with Gasteiger partial charge in [-0.25, -0.2) is 4.39 Å². The molecule has 4 rings (SSSR count). The minimum Gasteiger partial charge on any atom is -0.466 e. The molecule has 0 spiro atoms. The Morgan fingerprint density at radius 1 is 1.24 bits per heavy atom. The number of hydrogen-bond acceptors (Lipinski definition) is 4. The largest absolute Gasteiger partial charge is 0.466 e. The van der Waals surface area contributed by atoms with Gasteiger partial charge in [-0.1, -0.05) is 12.1 Å². The molecule has 2 bridgehead atoms. The van der Waals surface area contributed by atoms with Gasteiger partial charge in [0.05, 0.1) is 18.5 Å². The molecule has 132 valence electrons. The van der Waals surface area contributed by atoms with Crippen LogP contribution in [0.2, 0.25) is 0 Å². The van der Waals surface area contributed by atoms with E-state index in [1.54, 1.807) is 36.6 Å². The Labute approximate surface area is 145 Å². The summed E-state index contributed by atoms with van der Waals surface area (Å²) in [6, 6.07) is 9.99. The third-order valence-electron chi connectivity index (χ3n) is 5.37. The van der Waals surface area contributed by atoms with Crippen molar-refractivity contribution >= 4 is 11.6 Å². The van der Waals surface area contributed by atoms with E-state index >= 15 is 0 Å². The average Bonchev–Trinajstić information content (AvgIpc) is 3.19. The number of aliphatic hydroxyl groups is 1. The molecule has 0 aliphatic carbocycles. The van der Waals surface area contributed by atoms with Crippen molar-refractivity contribution in [2.75, 3.05) is 11.9 Å². The molecule has 6 heteroatoms. The number of hydrogen-bond donors (Lipinski definition) is 2. The standard InChI is InChI=1S/C19H21FN2O3/c20-15-4-1-2-5-16(15)21-18(23)12-22-13-7-8-14(22)11-19(24,10-13)17-6-3-9-25-17/h1-6,9,13-14,24H,7-8,10-12H2,(H,21,23)/t13-,14+,19?. The molecule has 2 aromatic rings. The fraction of sp³-hybridized carbons (Fsp3) is 0.421. The lowest BCUT2D eigenvalue weighted by Crippen LogP contribution is -2.51. The van der Waals surface area contributed by atoms with E-state index in [4.69, 9.17) is 4.42 Å². The number of nitrogens with one attached hydrogen (secondary N) is 1. The first-order valence-electron chi connectivity index (χ1n) is 8.62. The van der Waals surface area contributed by atoms with E-state index in [1.807, 2.05) is 0 Å². The quantitative estimate of drug-likeness (QED) is 0.895. The number of amides is 1. The first-order valence-corrected chi connectivity index (χ1v) is 8.62. The zero-order valence-corrected chi connectivity index (χ0v) is 13.8. The van der Waals surface area contributed by atoms with E-state index in [-0.39, 0.29) is 30.2 Å². The Bertz CT molecular complexity index is 748. The smallest absolute Gasteiger partial charge is 0.238 e. The molecular formula is C19H21FN2O3. The number of nitrogens with zero attached hydrogens (tertiary/aromatic N) is 1. The Hall–Kier alpha value is -2.18. The number of anilines is 1. The topological polar surface area (TPSA) is 65.7 Å². The maximum atomic E-state index is 13.7. The summed E-state index contributed by atoms with van der Waals surface area (Å²) in [6.45, 7) is 0.206. The molecule has 25 heavy (non-hydrogen) atoms. The van der Waals surface area contributed by atoms with Crippen LogP contribution in [0.15, 0.2) is 47.1 Å². The van der Waals surface area contributed by atoms with Crippen molar-refractivity contribution in [3.05, 3.63) is 54.2 Å². The van der Waals surface area contributed by atoms with Gasteiger partial charge in [0.1, 0.15) is 17.2 Å². The summed E-state index contributed by atoms with van der Waals surface area (Å²) in [5, 5.41) is 13.6. The number of furan rings is 1. The van der Waals surface area contributed by atoms with E-state index in [2.05, 4.69) is 10.2 Å². The van der Waals surface area contributed by atoms with Crippen molar-refractivity contribution in [1.82, 2.24) is 4.90 Å². The second-order valence-corrected chi connectivity index (χ2v) is 7.00. The van der Waals surface area contributed by atoms with Gasteiger partial charge in [0.25, 0.3) is 0 Å². The van der Waals surface area contributed by atoms with Crippen LogP contribution in [0.3, 0.4) is 0 Å². The van der Waals surface area contributed by atoms with E-state index in [1.165, 1.54) is 6.07 Å². The van der Waals surface area contributed by atoms with Crippen LogP contribution in [0.4, 0.5) is 10.1 Å². The third-order valence-corrected chi connectivity index (χ3v) is 5.37. The lowest BCUT2D eigenvalue weighted by atomic mass is 9.84. The SMILES string of the molecule is O=C(CN1[C@@H]2CC[C@H]1CC(O)(c1ccco1)C2)Nc1ccccc1F. The maximum Gasteiger partial charge on any atom is 0.238 e. The third kappa shape index (κ3) is 3.07. The summed E-state index contributed by atoms with van der Waals surface area (Å²) in [5.74, 6) is -0.0741. The first-order chi connectivity index (χ1) is 12.0. The van der Waals surface area contributed by atoms with E-state index in [9.17, 15) is 14.3 Å². The molecule has 3 atom stereocenters. The highest BCUT2D eigenvalue weighted by atomic mass is 19.1. The number of fused-ring (bicyclic) bond motifs is 2. The molecular weight excluding hydrogens is 323 g/mol. The second-order valence-electron chi connectivity index (χ2n) is 7.00. The highest BCUT2D eigenvalue weighted by molar-refractivity contribution is 5.92. The summed E-state index contributed by atoms with van der Waals surface area (Å²) in [4.78, 5) is 14.5. The van der Waals surface area contributed by atoms with Crippen molar-refractivity contribution in [2.24, 2.45) is 0 Å². The summed E-state index contributed by atoms with van der Waals surface area (Å²) in [5.41, 5.74) is -0.766. The molecule has 2 aliphatic heterocycles. The van der Waals surface area contributed by atoms with Gasteiger partial charge in [0.15, 0.2) is 0 Å². The number of para-hydroxylation sites is 1. The normalized spacial score (nSPS) is 28.9. The van der Waals surface area contributed by atoms with Crippen LogP contribution < -0.4 is 5.32 Å². The molecule has 1 unspecified atom stereocenters. The molecule has 5 nitrogen and oxygen atoms in total. The lowest BCUT2D eigenvalue weighted by Gasteiger charge is -2.42. The van der Waals surface area contributed by atoms with Gasteiger partial charge in [-0.15, -0.1) is 0 Å². The average molecular weight is 344 g/mol. The Morgan fingerprint density at radius 2 is 1.96 bits per heavy atom.